The summed E-state index contributed by atoms with van der Waals surface area (Å²) < 4.78 is 10.2. The number of ether oxygens (including phenoxy) is 1. The van der Waals surface area contributed by atoms with Gasteiger partial charge in [0, 0.05) is 0 Å². The van der Waals surface area contributed by atoms with E-state index in [1.54, 1.807) is 13.7 Å². The molecule has 0 spiro atoms. The normalized spacial score (nSPS) is 11.1. The zero-order chi connectivity index (χ0) is 17.8. The molecule has 0 aromatic heterocycles. The third-order valence-electron chi connectivity index (χ3n) is 4.49. The Morgan fingerprint density at radius 1 is 0.720 bits per heavy atom. The Morgan fingerprint density at radius 3 is 1.80 bits per heavy atom. The summed E-state index contributed by atoms with van der Waals surface area (Å²) in [5.74, 6) is 0. The maximum absolute atomic E-state index is 5.54. The molecule has 0 aliphatic rings. The summed E-state index contributed by atoms with van der Waals surface area (Å²) in [7, 11) is 1.79. The van der Waals surface area contributed by atoms with Crippen LogP contribution in [0.25, 0.3) is 0 Å². The summed E-state index contributed by atoms with van der Waals surface area (Å²) in [6.07, 6.45) is 0. The Balaban J connectivity index is 2.26. The molecule has 2 heteroatoms. The maximum atomic E-state index is 5.54. The number of benzene rings is 3. The molecule has 0 bridgehead atoms. The van der Waals surface area contributed by atoms with Gasteiger partial charge in [0.1, 0.15) is 0 Å². The topological polar surface area (TPSA) is 9.23 Å². The Bertz CT molecular complexity index is 824. The van der Waals surface area contributed by atoms with Crippen LogP contribution in [-0.4, -0.2) is 28.9 Å². The molecule has 128 valence electrons. The second-order valence-electron chi connectivity index (χ2n) is 6.47. The van der Waals surface area contributed by atoms with Crippen molar-refractivity contribution in [3.63, 3.8) is 0 Å². The van der Waals surface area contributed by atoms with Crippen LogP contribution in [-0.2, 0) is 11.3 Å². The van der Waals surface area contributed by atoms with Crippen LogP contribution < -0.4 is 9.81 Å². The third-order valence-corrected chi connectivity index (χ3v) is 15.7. The van der Waals surface area contributed by atoms with Gasteiger partial charge in [-0.1, -0.05) is 0 Å². The van der Waals surface area contributed by atoms with Gasteiger partial charge in [0.2, 0.25) is 0 Å². The molecule has 3 aromatic carbocycles. The standard InChI is InChI=1S/C9H11O.2C7H7.Bi/c1-8-4-3-5-9(6-8)7-10-2;2*1-7-5-3-2-4-6-7;/h3-4,6H,7H2,1-2H3;2*2-5H,1H3;. The Kier molecular flexibility index (Phi) is 6.04. The van der Waals surface area contributed by atoms with E-state index in [-0.39, 0.29) is 0 Å². The van der Waals surface area contributed by atoms with E-state index in [1.165, 1.54) is 25.5 Å². The molecule has 3 rings (SSSR count). The number of rotatable bonds is 5. The summed E-state index contributed by atoms with van der Waals surface area (Å²) in [4.78, 5) is 0. The predicted molar refractivity (Wildman–Crippen MR) is 109 cm³/mol. The predicted octanol–water partition coefficient (Wildman–Crippen LogP) is 3.27. The molecule has 0 saturated carbocycles. The van der Waals surface area contributed by atoms with Gasteiger partial charge in [0.15, 0.2) is 0 Å². The van der Waals surface area contributed by atoms with Gasteiger partial charge in [-0.15, -0.1) is 0 Å². The first-order valence-corrected chi connectivity index (χ1v) is 13.8. The molecule has 0 atom stereocenters. The van der Waals surface area contributed by atoms with Gasteiger partial charge in [-0.3, -0.25) is 0 Å². The van der Waals surface area contributed by atoms with Crippen LogP contribution in [0, 0.1) is 20.8 Å². The van der Waals surface area contributed by atoms with Crippen molar-refractivity contribution in [2.24, 2.45) is 0 Å². The van der Waals surface area contributed by atoms with E-state index in [2.05, 4.69) is 87.5 Å². The fraction of sp³-hybridized carbons (Fsp3) is 0.217. The SMILES string of the molecule is COCc1cc(C)cc[c]1[Bi]([c]1ccccc1C)[c]1ccccc1C. The Labute approximate surface area is 159 Å². The summed E-state index contributed by atoms with van der Waals surface area (Å²) in [6, 6.07) is 24.8. The average molecular weight is 526 g/mol. The monoisotopic (exact) mass is 526 g/mol. The molecule has 25 heavy (non-hydrogen) atoms. The van der Waals surface area contributed by atoms with E-state index in [1.807, 2.05) is 0 Å². The molecular formula is C23H25BiO. The van der Waals surface area contributed by atoms with Gasteiger partial charge in [-0.2, -0.15) is 0 Å². The van der Waals surface area contributed by atoms with Crippen molar-refractivity contribution in [2.45, 2.75) is 27.4 Å². The van der Waals surface area contributed by atoms with Crippen LogP contribution in [0.15, 0.2) is 66.7 Å². The zero-order valence-corrected chi connectivity index (χ0v) is 18.9. The van der Waals surface area contributed by atoms with E-state index in [0.29, 0.717) is 6.61 Å². The number of hydrogen-bond donors (Lipinski definition) is 0. The van der Waals surface area contributed by atoms with Crippen molar-refractivity contribution >= 4 is 31.6 Å². The molecule has 0 heterocycles. The van der Waals surface area contributed by atoms with Crippen LogP contribution in [0.3, 0.4) is 0 Å². The molecule has 1 nitrogen and oxygen atoms in total. The van der Waals surface area contributed by atoms with Crippen LogP contribution in [0.5, 0.6) is 0 Å². The van der Waals surface area contributed by atoms with Crippen molar-refractivity contribution in [1.29, 1.82) is 0 Å². The zero-order valence-electron chi connectivity index (χ0n) is 15.4. The summed E-state index contributed by atoms with van der Waals surface area (Å²) in [5.41, 5.74) is 5.47. The molecule has 0 fully saturated rings. The van der Waals surface area contributed by atoms with Gasteiger partial charge in [0.05, 0.1) is 0 Å². The van der Waals surface area contributed by atoms with Gasteiger partial charge in [-0.05, 0) is 0 Å². The van der Waals surface area contributed by atoms with Crippen molar-refractivity contribution in [3.05, 3.63) is 89.0 Å². The number of methoxy groups -OCH3 is 1. The quantitative estimate of drug-likeness (QED) is 0.464. The first-order chi connectivity index (χ1) is 12.1. The minimum absolute atomic E-state index is 0.681. The van der Waals surface area contributed by atoms with Crippen LogP contribution in [0.1, 0.15) is 22.3 Å². The molecule has 0 unspecified atom stereocenters. The Hall–Kier alpha value is -1.50. The first kappa shape index (κ1) is 18.3. The molecule has 0 N–H and O–H groups in total. The van der Waals surface area contributed by atoms with Crippen molar-refractivity contribution < 1.29 is 4.74 Å². The van der Waals surface area contributed by atoms with E-state index in [9.17, 15) is 0 Å². The Morgan fingerprint density at radius 2 is 1.28 bits per heavy atom. The van der Waals surface area contributed by atoms with E-state index < -0.39 is 21.8 Å². The van der Waals surface area contributed by atoms with E-state index in [4.69, 9.17) is 4.74 Å². The average Bonchev–Trinajstić information content (AvgIpc) is 2.60. The third kappa shape index (κ3) is 4.02. The molecule has 0 radical (unpaired) electrons. The molecule has 0 amide bonds. The molecule has 0 aliphatic heterocycles. The number of hydrogen-bond acceptors (Lipinski definition) is 1. The van der Waals surface area contributed by atoms with Crippen molar-refractivity contribution in [2.75, 3.05) is 7.11 Å². The van der Waals surface area contributed by atoms with Gasteiger partial charge < -0.3 is 0 Å². The summed E-state index contributed by atoms with van der Waals surface area (Å²) in [6.45, 7) is 7.34. The molecule has 3 aromatic rings. The first-order valence-electron chi connectivity index (χ1n) is 8.61. The van der Waals surface area contributed by atoms with E-state index in [0.717, 1.165) is 0 Å². The van der Waals surface area contributed by atoms with Crippen molar-refractivity contribution in [1.82, 2.24) is 0 Å². The summed E-state index contributed by atoms with van der Waals surface area (Å²) >= 11 is -2.39. The summed E-state index contributed by atoms with van der Waals surface area (Å²) in [5, 5.41) is 0. The van der Waals surface area contributed by atoms with Crippen LogP contribution in [0.2, 0.25) is 0 Å². The minimum atomic E-state index is -2.39. The second kappa shape index (κ2) is 8.25. The van der Waals surface area contributed by atoms with Gasteiger partial charge >= 0.3 is 160 Å². The van der Waals surface area contributed by atoms with Crippen LogP contribution in [0.4, 0.5) is 0 Å². The molecule has 0 saturated heterocycles. The van der Waals surface area contributed by atoms with Crippen LogP contribution >= 0.6 is 0 Å². The van der Waals surface area contributed by atoms with Gasteiger partial charge in [-0.25, -0.2) is 0 Å². The van der Waals surface area contributed by atoms with Crippen molar-refractivity contribution in [3.8, 4) is 0 Å². The fourth-order valence-corrected chi connectivity index (χ4v) is 13.9. The number of aryl methyl sites for hydroxylation is 3. The van der Waals surface area contributed by atoms with E-state index >= 15 is 0 Å². The fourth-order valence-electron chi connectivity index (χ4n) is 3.22. The second-order valence-corrected chi connectivity index (χ2v) is 14.7. The molecule has 0 aliphatic carbocycles. The van der Waals surface area contributed by atoms with Gasteiger partial charge in [0.25, 0.3) is 0 Å². The molecular weight excluding hydrogens is 501 g/mol.